The number of carbonyl (C=O) groups is 2. The highest BCUT2D eigenvalue weighted by molar-refractivity contribution is 6.00. The van der Waals surface area contributed by atoms with Gasteiger partial charge in [-0.3, -0.25) is 14.6 Å². The van der Waals surface area contributed by atoms with Gasteiger partial charge in [-0.05, 0) is 67.0 Å². The monoisotopic (exact) mass is 524 g/mol. The summed E-state index contributed by atoms with van der Waals surface area (Å²) in [5.41, 5.74) is 7.69. The molecule has 2 atom stereocenters. The molecule has 2 aliphatic heterocycles. The Morgan fingerprint density at radius 3 is 2.58 bits per heavy atom. The number of allylic oxidation sites excluding steroid dienone is 1. The Hall–Kier alpha value is -3.88. The predicted octanol–water partition coefficient (Wildman–Crippen LogP) is 4.88. The largest absolute Gasteiger partial charge is 0.495 e. The summed E-state index contributed by atoms with van der Waals surface area (Å²) in [6.45, 7) is 5.21. The molecule has 1 fully saturated rings. The van der Waals surface area contributed by atoms with Gasteiger partial charge in [-0.1, -0.05) is 26.0 Å². The van der Waals surface area contributed by atoms with Gasteiger partial charge in [0.1, 0.15) is 23.9 Å². The molecule has 0 aromatic heterocycles. The van der Waals surface area contributed by atoms with E-state index in [0.29, 0.717) is 36.0 Å². The van der Waals surface area contributed by atoms with E-state index in [9.17, 15) is 18.4 Å². The molecule has 2 unspecified atom stereocenters. The Kier molecular flexibility index (Phi) is 8.34. The van der Waals surface area contributed by atoms with Crippen LogP contribution in [0.25, 0.3) is 6.08 Å². The van der Waals surface area contributed by atoms with Crippen LogP contribution in [0.2, 0.25) is 0 Å². The summed E-state index contributed by atoms with van der Waals surface area (Å²) < 4.78 is 33.6. The first kappa shape index (κ1) is 27.2. The number of rotatable bonds is 8. The maximum Gasteiger partial charge on any atom is 0.268 e. The van der Waals surface area contributed by atoms with Crippen LogP contribution in [-0.4, -0.2) is 43.6 Å². The van der Waals surface area contributed by atoms with Gasteiger partial charge in [0.15, 0.2) is 0 Å². The van der Waals surface area contributed by atoms with Gasteiger partial charge in [-0.15, -0.1) is 0 Å². The second kappa shape index (κ2) is 11.7. The van der Waals surface area contributed by atoms with Crippen LogP contribution in [0.5, 0.6) is 5.75 Å². The lowest BCUT2D eigenvalue weighted by atomic mass is 9.88. The molecule has 7 nitrogen and oxygen atoms in total. The lowest BCUT2D eigenvalue weighted by Gasteiger charge is -2.39. The molecule has 0 bridgehead atoms. The van der Waals surface area contributed by atoms with E-state index in [4.69, 9.17) is 10.5 Å². The number of primary amides is 1. The molecule has 4 rings (SSSR count). The number of nitrogens with zero attached hydrogens (tertiary/aromatic N) is 3. The maximum absolute atomic E-state index is 13.9. The molecule has 38 heavy (non-hydrogen) atoms. The number of amides is 2. The van der Waals surface area contributed by atoms with Gasteiger partial charge in [0.25, 0.3) is 5.91 Å². The summed E-state index contributed by atoms with van der Waals surface area (Å²) in [5, 5.41) is 2.56. The number of benzene rings is 2. The number of carbonyl (C=O) groups excluding carboxylic acids is 2. The molecule has 0 saturated carbocycles. The van der Waals surface area contributed by atoms with Gasteiger partial charge in [-0.2, -0.15) is 0 Å². The molecule has 2 heterocycles. The van der Waals surface area contributed by atoms with Crippen molar-refractivity contribution in [2.45, 2.75) is 33.1 Å². The fraction of sp³-hybridized carbons (Fsp3) is 0.379. The smallest absolute Gasteiger partial charge is 0.268 e. The van der Waals surface area contributed by atoms with Crippen molar-refractivity contribution in [1.29, 1.82) is 0 Å². The zero-order valence-corrected chi connectivity index (χ0v) is 22.0. The Morgan fingerprint density at radius 2 is 1.95 bits per heavy atom. The predicted molar refractivity (Wildman–Crippen MR) is 144 cm³/mol. The highest BCUT2D eigenvalue weighted by Gasteiger charge is 2.30. The summed E-state index contributed by atoms with van der Waals surface area (Å²) in [6, 6.07) is 8.68. The first-order valence-corrected chi connectivity index (χ1v) is 12.9. The van der Waals surface area contributed by atoms with E-state index >= 15 is 0 Å². The zero-order valence-electron chi connectivity index (χ0n) is 22.0. The molecule has 0 radical (unpaired) electrons. The van der Waals surface area contributed by atoms with Crippen LogP contribution in [0, 0.1) is 23.5 Å². The number of piperidine rings is 1. The van der Waals surface area contributed by atoms with Crippen LogP contribution < -0.4 is 20.4 Å². The molecule has 0 spiro atoms. The molecule has 2 amide bonds. The fourth-order valence-electron chi connectivity index (χ4n) is 5.16. The maximum atomic E-state index is 13.9. The molecule has 202 valence electrons. The number of ether oxygens (including phenoxy) is 1. The number of halogens is 2. The van der Waals surface area contributed by atoms with Crippen LogP contribution in [-0.2, 0) is 9.59 Å². The molecule has 9 heteroatoms. The van der Waals surface area contributed by atoms with Crippen molar-refractivity contribution >= 4 is 29.3 Å². The van der Waals surface area contributed by atoms with Crippen molar-refractivity contribution < 1.29 is 23.1 Å². The molecule has 1 saturated heterocycles. The van der Waals surface area contributed by atoms with Crippen LogP contribution >= 0.6 is 0 Å². The van der Waals surface area contributed by atoms with Crippen LogP contribution in [0.1, 0.15) is 38.7 Å². The summed E-state index contributed by atoms with van der Waals surface area (Å²) >= 11 is 0. The van der Waals surface area contributed by atoms with E-state index in [1.54, 1.807) is 13.2 Å². The molecular formula is C29H34F2N4O3. The standard InChI is InChI=1S/C29H34F2N4O3/c1-4-21-9-11-33(17-19(21)2)26-8-7-20(13-27(26)38-3)12-22-6-5-10-34(29(22)37)35(18-28(32)36)25-15-23(30)14-24(31)16-25/h7-9,11-16,19,21H,4-6,10,17-18H2,1-3H3,(H2,32,36). The highest BCUT2D eigenvalue weighted by atomic mass is 19.1. The van der Waals surface area contributed by atoms with Crippen molar-refractivity contribution in [1.82, 2.24) is 5.01 Å². The molecule has 2 aliphatic rings. The number of hydrogen-bond acceptors (Lipinski definition) is 5. The zero-order chi connectivity index (χ0) is 27.4. The summed E-state index contributed by atoms with van der Waals surface area (Å²) in [7, 11) is 1.62. The Labute approximate surface area is 222 Å². The minimum Gasteiger partial charge on any atom is -0.495 e. The number of methoxy groups -OCH3 is 1. The van der Waals surface area contributed by atoms with Gasteiger partial charge in [0.05, 0.1) is 18.5 Å². The van der Waals surface area contributed by atoms with E-state index < -0.39 is 24.1 Å². The van der Waals surface area contributed by atoms with Crippen LogP contribution in [0.4, 0.5) is 20.2 Å². The lowest BCUT2D eigenvalue weighted by Crippen LogP contribution is -2.52. The van der Waals surface area contributed by atoms with Gasteiger partial charge in [-0.25, -0.2) is 13.8 Å². The lowest BCUT2D eigenvalue weighted by molar-refractivity contribution is -0.129. The molecule has 2 aromatic rings. The molecule has 2 aromatic carbocycles. The van der Waals surface area contributed by atoms with Crippen molar-refractivity contribution in [2.24, 2.45) is 17.6 Å². The van der Waals surface area contributed by atoms with Crippen LogP contribution in [0.3, 0.4) is 0 Å². The topological polar surface area (TPSA) is 79.1 Å². The minimum absolute atomic E-state index is 0.0380. The molecular weight excluding hydrogens is 490 g/mol. The molecule has 0 aliphatic carbocycles. The number of hydrogen-bond donors (Lipinski definition) is 1. The average Bonchev–Trinajstić information content (AvgIpc) is 2.88. The van der Waals surface area contributed by atoms with E-state index in [0.717, 1.165) is 42.4 Å². The Bertz CT molecular complexity index is 1240. The second-order valence-electron chi connectivity index (χ2n) is 9.83. The summed E-state index contributed by atoms with van der Waals surface area (Å²) in [5.74, 6) is -0.961. The van der Waals surface area contributed by atoms with E-state index in [1.807, 2.05) is 18.2 Å². The van der Waals surface area contributed by atoms with E-state index in [2.05, 4.69) is 31.0 Å². The summed E-state index contributed by atoms with van der Waals surface area (Å²) in [4.78, 5) is 27.4. The van der Waals surface area contributed by atoms with Gasteiger partial charge >= 0.3 is 0 Å². The fourth-order valence-corrected chi connectivity index (χ4v) is 5.16. The van der Waals surface area contributed by atoms with Gasteiger partial charge < -0.3 is 15.4 Å². The first-order chi connectivity index (χ1) is 18.2. The average molecular weight is 525 g/mol. The number of hydrazine groups is 1. The van der Waals surface area contributed by atoms with Crippen molar-refractivity contribution in [2.75, 3.05) is 36.7 Å². The van der Waals surface area contributed by atoms with Crippen LogP contribution in [0.15, 0.2) is 54.2 Å². The minimum atomic E-state index is -0.815. The quantitative estimate of drug-likeness (QED) is 0.498. The Balaban J connectivity index is 1.61. The van der Waals surface area contributed by atoms with Crippen molar-refractivity contribution in [3.63, 3.8) is 0 Å². The number of nitrogens with two attached hydrogens (primary N) is 1. The third-order valence-corrected chi connectivity index (χ3v) is 7.12. The van der Waals surface area contributed by atoms with Crippen molar-refractivity contribution in [3.05, 3.63) is 71.4 Å². The first-order valence-electron chi connectivity index (χ1n) is 12.9. The van der Waals surface area contributed by atoms with E-state index in [-0.39, 0.29) is 18.1 Å². The highest BCUT2D eigenvalue weighted by Crippen LogP contribution is 2.35. The molecule has 2 N–H and O–H groups in total. The Morgan fingerprint density at radius 1 is 1.21 bits per heavy atom. The van der Waals surface area contributed by atoms with E-state index in [1.165, 1.54) is 10.0 Å². The van der Waals surface area contributed by atoms with Gasteiger partial charge in [0.2, 0.25) is 5.91 Å². The normalized spacial score (nSPS) is 20.7. The van der Waals surface area contributed by atoms with Gasteiger partial charge in [0, 0.05) is 30.9 Å². The summed E-state index contributed by atoms with van der Waals surface area (Å²) in [6.07, 6.45) is 8.36. The third-order valence-electron chi connectivity index (χ3n) is 7.12. The SMILES string of the molecule is CCC1C=CN(c2ccc(C=C3CCCN(N(CC(N)=O)c4cc(F)cc(F)c4)C3=O)cc2OC)CC1C. The third kappa shape index (κ3) is 5.98. The number of anilines is 2. The van der Waals surface area contributed by atoms with Crippen molar-refractivity contribution in [3.8, 4) is 5.75 Å². The second-order valence-corrected chi connectivity index (χ2v) is 9.83.